The lowest BCUT2D eigenvalue weighted by atomic mass is 10.0. The third-order valence-corrected chi connectivity index (χ3v) is 5.52. The van der Waals surface area contributed by atoms with Gasteiger partial charge in [-0.05, 0) is 37.9 Å². The van der Waals surface area contributed by atoms with Crippen LogP contribution in [0.3, 0.4) is 0 Å². The van der Waals surface area contributed by atoms with E-state index in [4.69, 9.17) is 0 Å². The Kier molecular flexibility index (Phi) is 7.73. The highest BCUT2D eigenvalue weighted by Crippen LogP contribution is 2.18. The van der Waals surface area contributed by atoms with Crippen LogP contribution in [0.15, 0.2) is 23.2 Å². The zero-order valence-corrected chi connectivity index (χ0v) is 17.3. The van der Waals surface area contributed by atoms with Crippen molar-refractivity contribution < 1.29 is 18.4 Å². The van der Waals surface area contributed by atoms with E-state index in [0.717, 1.165) is 19.4 Å². The van der Waals surface area contributed by atoms with E-state index in [0.29, 0.717) is 44.9 Å². The molecule has 2 aliphatic rings. The number of likely N-dealkylation sites (tertiary alicyclic amines) is 2. The number of hydrogen-bond acceptors (Lipinski definition) is 4. The van der Waals surface area contributed by atoms with E-state index in [9.17, 15) is 18.4 Å². The van der Waals surface area contributed by atoms with Crippen LogP contribution in [-0.4, -0.2) is 66.8 Å². The number of nitrogens with zero attached hydrogens (tertiary/aromatic N) is 3. The molecule has 0 aliphatic carbocycles. The van der Waals surface area contributed by atoms with Crippen LogP contribution in [0.2, 0.25) is 0 Å². The second-order valence-electron chi connectivity index (χ2n) is 7.71. The first kappa shape index (κ1) is 22.1. The molecule has 2 saturated heterocycles. The van der Waals surface area contributed by atoms with Crippen molar-refractivity contribution in [2.24, 2.45) is 4.99 Å². The smallest absolute Gasteiger partial charge is 0.229 e. The first-order valence-electron chi connectivity index (χ1n) is 10.4. The molecule has 0 saturated carbocycles. The Bertz CT molecular complexity index is 765. The van der Waals surface area contributed by atoms with Crippen molar-refractivity contribution in [2.45, 2.75) is 44.7 Å². The lowest BCUT2D eigenvalue weighted by Gasteiger charge is -2.34. The average Bonchev–Trinajstić information content (AvgIpc) is 2.72. The maximum atomic E-state index is 14.0. The van der Waals surface area contributed by atoms with Crippen LogP contribution in [0.25, 0.3) is 0 Å². The zero-order chi connectivity index (χ0) is 21.5. The van der Waals surface area contributed by atoms with Gasteiger partial charge < -0.3 is 10.6 Å². The lowest BCUT2D eigenvalue weighted by molar-refractivity contribution is -0.147. The van der Waals surface area contributed by atoms with Gasteiger partial charge in [0.2, 0.25) is 11.8 Å². The standard InChI is InChI=1S/C21H29F2N5O2/c1-24-21(25-10-12-28-19(29)8-3-9-20(28)30)26-15-5-4-11-27(13-15)14-16-17(22)6-2-7-18(16)23/h2,6-7,15H,3-5,8-14H2,1H3,(H2,24,25,26). The molecule has 1 unspecified atom stereocenters. The number of halogens is 2. The number of guanidine groups is 1. The summed E-state index contributed by atoms with van der Waals surface area (Å²) < 4.78 is 27.9. The van der Waals surface area contributed by atoms with E-state index in [-0.39, 0.29) is 30.0 Å². The fraction of sp³-hybridized carbons (Fsp3) is 0.571. The van der Waals surface area contributed by atoms with Crippen molar-refractivity contribution in [3.8, 4) is 0 Å². The summed E-state index contributed by atoms with van der Waals surface area (Å²) in [7, 11) is 1.65. The Morgan fingerprint density at radius 3 is 2.53 bits per heavy atom. The maximum Gasteiger partial charge on any atom is 0.229 e. The number of carbonyl (C=O) groups excluding carboxylic acids is 2. The van der Waals surface area contributed by atoms with Gasteiger partial charge in [-0.25, -0.2) is 8.78 Å². The van der Waals surface area contributed by atoms with Crippen molar-refractivity contribution in [3.63, 3.8) is 0 Å². The third kappa shape index (κ3) is 5.75. The Hall–Kier alpha value is -2.55. The number of nitrogens with one attached hydrogen (secondary N) is 2. The molecule has 9 heteroatoms. The van der Waals surface area contributed by atoms with E-state index in [1.54, 1.807) is 7.05 Å². The Morgan fingerprint density at radius 2 is 1.87 bits per heavy atom. The molecule has 2 amide bonds. The number of piperidine rings is 2. The van der Waals surface area contributed by atoms with Crippen molar-refractivity contribution in [1.82, 2.24) is 20.4 Å². The predicted octanol–water partition coefficient (Wildman–Crippen LogP) is 1.63. The molecule has 0 bridgehead atoms. The Balaban J connectivity index is 1.48. The Labute approximate surface area is 175 Å². The van der Waals surface area contributed by atoms with Gasteiger partial charge >= 0.3 is 0 Å². The summed E-state index contributed by atoms with van der Waals surface area (Å²) in [6.45, 7) is 2.35. The molecule has 1 atom stereocenters. The van der Waals surface area contributed by atoms with Gasteiger partial charge in [-0.3, -0.25) is 24.4 Å². The van der Waals surface area contributed by atoms with Crippen molar-refractivity contribution in [3.05, 3.63) is 35.4 Å². The van der Waals surface area contributed by atoms with Crippen LogP contribution < -0.4 is 10.6 Å². The molecule has 1 aromatic carbocycles. The average molecular weight is 421 g/mol. The lowest BCUT2D eigenvalue weighted by Crippen LogP contribution is -2.52. The van der Waals surface area contributed by atoms with Gasteiger partial charge in [0.15, 0.2) is 5.96 Å². The highest BCUT2D eigenvalue weighted by atomic mass is 19.1. The molecule has 2 aliphatic heterocycles. The number of carbonyl (C=O) groups is 2. The summed E-state index contributed by atoms with van der Waals surface area (Å²) >= 11 is 0. The molecule has 0 aromatic heterocycles. The molecule has 7 nitrogen and oxygen atoms in total. The minimum absolute atomic E-state index is 0.0815. The second kappa shape index (κ2) is 10.5. The van der Waals surface area contributed by atoms with E-state index in [2.05, 4.69) is 15.6 Å². The minimum Gasteiger partial charge on any atom is -0.355 e. The summed E-state index contributed by atoms with van der Waals surface area (Å²) in [5, 5.41) is 6.47. The molecule has 3 rings (SSSR count). The van der Waals surface area contributed by atoms with E-state index >= 15 is 0 Å². The van der Waals surface area contributed by atoms with E-state index in [1.165, 1.54) is 23.1 Å². The molecule has 0 radical (unpaired) electrons. The number of amides is 2. The topological polar surface area (TPSA) is 77.0 Å². The molecule has 2 N–H and O–H groups in total. The fourth-order valence-corrected chi connectivity index (χ4v) is 3.95. The van der Waals surface area contributed by atoms with Gasteiger partial charge in [0.05, 0.1) is 0 Å². The van der Waals surface area contributed by atoms with E-state index in [1.807, 2.05) is 4.90 Å². The maximum absolute atomic E-state index is 14.0. The fourth-order valence-electron chi connectivity index (χ4n) is 3.95. The molecule has 2 heterocycles. The van der Waals surface area contributed by atoms with Crippen molar-refractivity contribution >= 4 is 17.8 Å². The minimum atomic E-state index is -0.524. The number of hydrogen-bond donors (Lipinski definition) is 2. The summed E-state index contributed by atoms with van der Waals surface area (Å²) in [6.07, 6.45) is 3.28. The molecular formula is C21H29F2N5O2. The zero-order valence-electron chi connectivity index (χ0n) is 17.3. The summed E-state index contributed by atoms with van der Waals surface area (Å²) in [5.74, 6) is -0.719. The SMILES string of the molecule is CN=C(NCCN1C(=O)CCCC1=O)NC1CCCN(Cc2c(F)cccc2F)C1. The Morgan fingerprint density at radius 1 is 1.17 bits per heavy atom. The van der Waals surface area contributed by atoms with E-state index < -0.39 is 11.6 Å². The van der Waals surface area contributed by atoms with Crippen LogP contribution in [0.5, 0.6) is 0 Å². The number of imide groups is 1. The quantitative estimate of drug-likeness (QED) is 0.415. The monoisotopic (exact) mass is 421 g/mol. The van der Waals surface area contributed by atoms with Crippen LogP contribution in [0, 0.1) is 11.6 Å². The van der Waals surface area contributed by atoms with Crippen LogP contribution in [-0.2, 0) is 16.1 Å². The van der Waals surface area contributed by atoms with Gasteiger partial charge in [-0.2, -0.15) is 0 Å². The molecule has 30 heavy (non-hydrogen) atoms. The molecular weight excluding hydrogens is 392 g/mol. The van der Waals surface area contributed by atoms with Gasteiger partial charge in [-0.1, -0.05) is 6.07 Å². The molecule has 164 valence electrons. The highest BCUT2D eigenvalue weighted by molar-refractivity contribution is 5.97. The number of rotatable bonds is 6. The van der Waals surface area contributed by atoms with Crippen LogP contribution in [0.1, 0.15) is 37.7 Å². The second-order valence-corrected chi connectivity index (χ2v) is 7.71. The molecule has 1 aromatic rings. The number of benzene rings is 1. The van der Waals surface area contributed by atoms with Gasteiger partial charge in [-0.15, -0.1) is 0 Å². The normalized spacial score (nSPS) is 21.1. The highest BCUT2D eigenvalue weighted by Gasteiger charge is 2.26. The largest absolute Gasteiger partial charge is 0.355 e. The van der Waals surface area contributed by atoms with Gasteiger partial charge in [0.25, 0.3) is 0 Å². The molecule has 2 fully saturated rings. The predicted molar refractivity (Wildman–Crippen MR) is 110 cm³/mol. The van der Waals surface area contributed by atoms with Crippen molar-refractivity contribution in [1.29, 1.82) is 0 Å². The third-order valence-electron chi connectivity index (χ3n) is 5.52. The van der Waals surface area contributed by atoms with Crippen LogP contribution >= 0.6 is 0 Å². The summed E-state index contributed by atoms with van der Waals surface area (Å²) in [6, 6.07) is 4.01. The van der Waals surface area contributed by atoms with Gasteiger partial charge in [0.1, 0.15) is 11.6 Å². The van der Waals surface area contributed by atoms with Crippen LogP contribution in [0.4, 0.5) is 8.78 Å². The first-order valence-corrected chi connectivity index (χ1v) is 10.4. The summed E-state index contributed by atoms with van der Waals surface area (Å²) in [4.78, 5) is 31.3. The summed E-state index contributed by atoms with van der Waals surface area (Å²) in [5.41, 5.74) is 0.0940. The van der Waals surface area contributed by atoms with Gasteiger partial charge in [0, 0.05) is 57.7 Å². The first-order chi connectivity index (χ1) is 14.5. The van der Waals surface area contributed by atoms with Crippen molar-refractivity contribution in [2.75, 3.05) is 33.2 Å². The molecule has 0 spiro atoms. The number of aliphatic imine (C=N–C) groups is 1.